The van der Waals surface area contributed by atoms with Crippen LogP contribution in [0.5, 0.6) is 0 Å². The Hall–Kier alpha value is -2.46. The van der Waals surface area contributed by atoms with Crippen LogP contribution in [0, 0.1) is 6.92 Å². The van der Waals surface area contributed by atoms with Crippen molar-refractivity contribution in [2.24, 2.45) is 0 Å². The number of nitrogens with one attached hydrogen (secondary N) is 1. The van der Waals surface area contributed by atoms with E-state index in [1.54, 1.807) is 23.7 Å². The molecule has 2 aromatic heterocycles. The molecular formula is C20H20N2OS. The second kappa shape index (κ2) is 7.41. The van der Waals surface area contributed by atoms with Crippen LogP contribution in [-0.4, -0.2) is 10.9 Å². The molecule has 1 aromatic carbocycles. The minimum atomic E-state index is -0.186. The number of carbonyl (C=O) groups is 1. The Balaban J connectivity index is 1.90. The summed E-state index contributed by atoms with van der Waals surface area (Å²) in [6.45, 7) is 4.18. The van der Waals surface area contributed by atoms with E-state index in [-0.39, 0.29) is 11.9 Å². The zero-order chi connectivity index (χ0) is 16.9. The highest BCUT2D eigenvalue weighted by Gasteiger charge is 2.19. The Labute approximate surface area is 146 Å². The van der Waals surface area contributed by atoms with Gasteiger partial charge in [0.15, 0.2) is 0 Å². The highest BCUT2D eigenvalue weighted by molar-refractivity contribution is 7.14. The molecule has 1 N–H and O–H groups in total. The summed E-state index contributed by atoms with van der Waals surface area (Å²) in [6, 6.07) is 15.7. The van der Waals surface area contributed by atoms with Crippen LogP contribution in [0.25, 0.3) is 0 Å². The number of hydrogen-bond donors (Lipinski definition) is 1. The van der Waals surface area contributed by atoms with Crippen molar-refractivity contribution < 1.29 is 4.79 Å². The molecule has 122 valence electrons. The van der Waals surface area contributed by atoms with Crippen LogP contribution in [0.1, 0.15) is 44.2 Å². The normalized spacial score (nSPS) is 11.9. The van der Waals surface area contributed by atoms with E-state index in [0.29, 0.717) is 0 Å². The van der Waals surface area contributed by atoms with Gasteiger partial charge in [-0.2, -0.15) is 0 Å². The number of aromatic nitrogens is 1. The summed E-state index contributed by atoms with van der Waals surface area (Å²) in [4.78, 5) is 18.8. The number of benzene rings is 1. The Morgan fingerprint density at radius 1 is 1.12 bits per heavy atom. The van der Waals surface area contributed by atoms with Crippen molar-refractivity contribution in [2.75, 3.05) is 0 Å². The van der Waals surface area contributed by atoms with Crippen LogP contribution >= 0.6 is 11.3 Å². The second-order valence-electron chi connectivity index (χ2n) is 5.64. The van der Waals surface area contributed by atoms with Gasteiger partial charge in [0.25, 0.3) is 5.91 Å². The summed E-state index contributed by atoms with van der Waals surface area (Å²) in [5.41, 5.74) is 3.32. The SMILES string of the molecule is CCc1cc(C(=O)NC(c2ccccc2)c2ccncc2)sc1C. The van der Waals surface area contributed by atoms with Crippen molar-refractivity contribution in [3.8, 4) is 0 Å². The van der Waals surface area contributed by atoms with Gasteiger partial charge < -0.3 is 5.32 Å². The quantitative estimate of drug-likeness (QED) is 0.743. The molecule has 0 bridgehead atoms. The van der Waals surface area contributed by atoms with E-state index < -0.39 is 0 Å². The van der Waals surface area contributed by atoms with Crippen LogP contribution < -0.4 is 5.32 Å². The fourth-order valence-electron chi connectivity index (χ4n) is 2.75. The molecule has 0 saturated heterocycles. The van der Waals surface area contributed by atoms with Crippen molar-refractivity contribution in [3.05, 3.63) is 87.4 Å². The average molecular weight is 336 g/mol. The molecular weight excluding hydrogens is 316 g/mol. The molecule has 24 heavy (non-hydrogen) atoms. The average Bonchev–Trinajstić information content (AvgIpc) is 3.02. The summed E-state index contributed by atoms with van der Waals surface area (Å²) in [6.07, 6.45) is 4.45. The molecule has 1 amide bonds. The lowest BCUT2D eigenvalue weighted by Crippen LogP contribution is -2.28. The number of rotatable bonds is 5. The lowest BCUT2D eigenvalue weighted by Gasteiger charge is -2.19. The minimum Gasteiger partial charge on any atom is -0.340 e. The van der Waals surface area contributed by atoms with Gasteiger partial charge >= 0.3 is 0 Å². The van der Waals surface area contributed by atoms with Crippen molar-refractivity contribution in [1.29, 1.82) is 0 Å². The third-order valence-corrected chi connectivity index (χ3v) is 5.16. The van der Waals surface area contributed by atoms with Gasteiger partial charge in [-0.15, -0.1) is 11.3 Å². The maximum absolute atomic E-state index is 12.8. The third-order valence-electron chi connectivity index (χ3n) is 4.07. The molecule has 1 unspecified atom stereocenters. The van der Waals surface area contributed by atoms with E-state index in [9.17, 15) is 4.79 Å². The van der Waals surface area contributed by atoms with Gasteiger partial charge in [0.2, 0.25) is 0 Å². The van der Waals surface area contributed by atoms with E-state index in [4.69, 9.17) is 0 Å². The summed E-state index contributed by atoms with van der Waals surface area (Å²) in [5, 5.41) is 3.17. The molecule has 0 fully saturated rings. The van der Waals surface area contributed by atoms with Gasteiger partial charge in [0.1, 0.15) is 0 Å². The van der Waals surface area contributed by atoms with Gasteiger partial charge in [0.05, 0.1) is 10.9 Å². The Kier molecular flexibility index (Phi) is 5.06. The summed E-state index contributed by atoms with van der Waals surface area (Å²) >= 11 is 1.56. The van der Waals surface area contributed by atoms with Crippen molar-refractivity contribution in [3.63, 3.8) is 0 Å². The lowest BCUT2D eigenvalue weighted by atomic mass is 9.99. The summed E-state index contributed by atoms with van der Waals surface area (Å²) in [7, 11) is 0. The van der Waals surface area contributed by atoms with Gasteiger partial charge in [-0.05, 0) is 48.2 Å². The first-order chi connectivity index (χ1) is 11.7. The number of amides is 1. The summed E-state index contributed by atoms with van der Waals surface area (Å²) in [5.74, 6) is -0.0338. The van der Waals surface area contributed by atoms with Gasteiger partial charge in [0, 0.05) is 17.3 Å². The fraction of sp³-hybridized carbons (Fsp3) is 0.200. The Morgan fingerprint density at radius 3 is 2.42 bits per heavy atom. The van der Waals surface area contributed by atoms with Gasteiger partial charge in [-0.3, -0.25) is 9.78 Å². The lowest BCUT2D eigenvalue weighted by molar-refractivity contribution is 0.0947. The number of hydrogen-bond acceptors (Lipinski definition) is 3. The monoisotopic (exact) mass is 336 g/mol. The fourth-order valence-corrected chi connectivity index (χ4v) is 3.76. The molecule has 1 atom stereocenters. The predicted octanol–water partition coefficient (Wildman–Crippen LogP) is 4.53. The zero-order valence-electron chi connectivity index (χ0n) is 13.8. The Bertz CT molecular complexity index is 773. The first-order valence-electron chi connectivity index (χ1n) is 8.04. The van der Waals surface area contributed by atoms with Crippen LogP contribution in [-0.2, 0) is 6.42 Å². The van der Waals surface area contributed by atoms with Crippen molar-refractivity contribution in [2.45, 2.75) is 26.3 Å². The van der Waals surface area contributed by atoms with Crippen LogP contribution in [0.15, 0.2) is 60.9 Å². The smallest absolute Gasteiger partial charge is 0.262 e. The minimum absolute atomic E-state index is 0.0338. The molecule has 4 heteroatoms. The zero-order valence-corrected chi connectivity index (χ0v) is 14.6. The third kappa shape index (κ3) is 3.54. The Morgan fingerprint density at radius 2 is 1.79 bits per heavy atom. The standard InChI is InChI=1S/C20H20N2OS/c1-3-15-13-18(24-14(15)2)20(23)22-19(16-7-5-4-6-8-16)17-9-11-21-12-10-17/h4-13,19H,3H2,1-2H3,(H,22,23). The molecule has 0 saturated carbocycles. The number of carbonyl (C=O) groups excluding carboxylic acids is 1. The number of thiophene rings is 1. The number of pyridine rings is 1. The second-order valence-corrected chi connectivity index (χ2v) is 6.90. The van der Waals surface area contributed by atoms with E-state index in [1.165, 1.54) is 10.4 Å². The molecule has 0 aliphatic rings. The molecule has 0 aliphatic carbocycles. The van der Waals surface area contributed by atoms with Crippen LogP contribution in [0.2, 0.25) is 0 Å². The predicted molar refractivity (Wildman–Crippen MR) is 98.4 cm³/mol. The maximum atomic E-state index is 12.8. The first kappa shape index (κ1) is 16.4. The van der Waals surface area contributed by atoms with Crippen LogP contribution in [0.4, 0.5) is 0 Å². The highest BCUT2D eigenvalue weighted by Crippen LogP contribution is 2.25. The molecule has 2 heterocycles. The largest absolute Gasteiger partial charge is 0.340 e. The van der Waals surface area contributed by atoms with Crippen molar-refractivity contribution >= 4 is 17.2 Å². The van der Waals surface area contributed by atoms with Crippen LogP contribution in [0.3, 0.4) is 0 Å². The van der Waals surface area contributed by atoms with E-state index >= 15 is 0 Å². The number of aryl methyl sites for hydroxylation is 2. The maximum Gasteiger partial charge on any atom is 0.262 e. The molecule has 0 radical (unpaired) electrons. The topological polar surface area (TPSA) is 42.0 Å². The number of nitrogens with zero attached hydrogens (tertiary/aromatic N) is 1. The van der Waals surface area contributed by atoms with Crippen molar-refractivity contribution in [1.82, 2.24) is 10.3 Å². The van der Waals surface area contributed by atoms with Gasteiger partial charge in [-0.25, -0.2) is 0 Å². The molecule has 3 aromatic rings. The molecule has 0 spiro atoms. The summed E-state index contributed by atoms with van der Waals surface area (Å²) < 4.78 is 0. The van der Waals surface area contributed by atoms with E-state index in [2.05, 4.69) is 24.1 Å². The molecule has 0 aliphatic heterocycles. The van der Waals surface area contributed by atoms with E-state index in [0.717, 1.165) is 22.4 Å². The van der Waals surface area contributed by atoms with E-state index in [1.807, 2.05) is 48.5 Å². The van der Waals surface area contributed by atoms with Gasteiger partial charge in [-0.1, -0.05) is 37.3 Å². The molecule has 3 nitrogen and oxygen atoms in total. The molecule has 3 rings (SSSR count). The highest BCUT2D eigenvalue weighted by atomic mass is 32.1. The first-order valence-corrected chi connectivity index (χ1v) is 8.85.